The Balaban J connectivity index is 1.24. The van der Waals surface area contributed by atoms with Gasteiger partial charge in [-0.05, 0) is 60.8 Å². The van der Waals surface area contributed by atoms with Crippen molar-refractivity contribution >= 4 is 11.8 Å². The fourth-order valence-corrected chi connectivity index (χ4v) is 6.05. The van der Waals surface area contributed by atoms with Crippen LogP contribution in [0.2, 0.25) is 0 Å². The van der Waals surface area contributed by atoms with Gasteiger partial charge < -0.3 is 10.6 Å². The largest absolute Gasteiger partial charge is 0.416 e. The molecule has 2 aliphatic rings. The highest BCUT2D eigenvalue weighted by Gasteiger charge is 2.38. The quantitative estimate of drug-likeness (QED) is 0.595. The van der Waals surface area contributed by atoms with Gasteiger partial charge in [0.25, 0.3) is 5.91 Å². The average Bonchev–Trinajstić information content (AvgIpc) is 3.31. The Morgan fingerprint density at radius 3 is 2.36 bits per heavy atom. The van der Waals surface area contributed by atoms with Gasteiger partial charge in [-0.3, -0.25) is 14.5 Å². The molecule has 5 nitrogen and oxygen atoms in total. The van der Waals surface area contributed by atoms with E-state index in [4.69, 9.17) is 0 Å². The number of amides is 2. The van der Waals surface area contributed by atoms with E-state index >= 15 is 0 Å². The van der Waals surface area contributed by atoms with E-state index in [-0.39, 0.29) is 24.1 Å². The third kappa shape index (κ3) is 6.27. The smallest absolute Gasteiger partial charge is 0.350 e. The second-order valence-corrected chi connectivity index (χ2v) is 10.3. The van der Waals surface area contributed by atoms with Crippen LogP contribution in [0.5, 0.6) is 0 Å². The van der Waals surface area contributed by atoms with Crippen molar-refractivity contribution in [3.8, 4) is 0 Å². The fraction of sp³-hybridized carbons (Fsp3) is 0.500. The van der Waals surface area contributed by atoms with Crippen molar-refractivity contribution in [1.29, 1.82) is 0 Å². The highest BCUT2D eigenvalue weighted by atomic mass is 19.4. The molecule has 0 aromatic heterocycles. The average molecular weight is 502 g/mol. The van der Waals surface area contributed by atoms with Gasteiger partial charge in [-0.25, -0.2) is 0 Å². The molecule has 4 rings (SSSR count). The van der Waals surface area contributed by atoms with Crippen molar-refractivity contribution in [2.24, 2.45) is 11.8 Å². The first kappa shape index (κ1) is 26.2. The zero-order valence-electron chi connectivity index (χ0n) is 20.7. The number of alkyl halides is 3. The van der Waals surface area contributed by atoms with Crippen LogP contribution < -0.4 is 10.6 Å². The van der Waals surface area contributed by atoms with Crippen LogP contribution in [0.25, 0.3) is 0 Å². The van der Waals surface area contributed by atoms with E-state index in [9.17, 15) is 22.8 Å². The molecule has 2 fully saturated rings. The summed E-state index contributed by atoms with van der Waals surface area (Å²) in [5, 5.41) is 5.40. The summed E-state index contributed by atoms with van der Waals surface area (Å²) in [5.74, 6) is 0.654. The lowest BCUT2D eigenvalue weighted by molar-refractivity contribution is -0.137. The molecule has 194 valence electrons. The summed E-state index contributed by atoms with van der Waals surface area (Å²) in [6.45, 7) is 6.09. The summed E-state index contributed by atoms with van der Waals surface area (Å²) in [6.07, 6.45) is -1.44. The lowest BCUT2D eigenvalue weighted by atomic mass is 9.68. The number of nitrogens with one attached hydrogen (secondary N) is 2. The summed E-state index contributed by atoms with van der Waals surface area (Å²) in [6, 6.07) is 15.4. The van der Waals surface area contributed by atoms with Gasteiger partial charge in [0.15, 0.2) is 0 Å². The number of benzene rings is 2. The predicted octanol–water partition coefficient (Wildman–Crippen LogP) is 4.84. The Hall–Kier alpha value is -2.87. The molecule has 0 bridgehead atoms. The van der Waals surface area contributed by atoms with Gasteiger partial charge in [-0.2, -0.15) is 13.2 Å². The molecule has 1 aliphatic carbocycles. The van der Waals surface area contributed by atoms with E-state index < -0.39 is 17.6 Å². The molecule has 3 atom stereocenters. The molecule has 2 amide bonds. The van der Waals surface area contributed by atoms with Crippen molar-refractivity contribution in [2.75, 3.05) is 19.6 Å². The monoisotopic (exact) mass is 501 g/mol. The van der Waals surface area contributed by atoms with Crippen molar-refractivity contribution < 1.29 is 22.8 Å². The molecule has 1 aliphatic heterocycles. The molecule has 8 heteroatoms. The standard InChI is InChI=1S/C28H34F3N3O2/c1-18-13-24(14-19(2)26(18)20-7-4-3-5-8-20)34-12-11-23(17-34)33-25(35)16-32-27(36)21-9-6-10-22(15-21)28(29,30)31/h3-10,15,18-19,23-24,26H,11-14,16-17H2,1-2H3,(H,32,36)(H,33,35). The maximum Gasteiger partial charge on any atom is 0.416 e. The summed E-state index contributed by atoms with van der Waals surface area (Å²) in [7, 11) is 0. The van der Waals surface area contributed by atoms with Crippen LogP contribution in [0.3, 0.4) is 0 Å². The predicted molar refractivity (Wildman–Crippen MR) is 132 cm³/mol. The molecule has 2 aromatic rings. The van der Waals surface area contributed by atoms with Gasteiger partial charge in [0, 0.05) is 30.7 Å². The molecule has 3 unspecified atom stereocenters. The van der Waals surface area contributed by atoms with E-state index in [1.807, 2.05) is 0 Å². The minimum atomic E-state index is -4.53. The van der Waals surface area contributed by atoms with Gasteiger partial charge in [0.1, 0.15) is 0 Å². The van der Waals surface area contributed by atoms with Crippen LogP contribution >= 0.6 is 0 Å². The highest BCUT2D eigenvalue weighted by Crippen LogP contribution is 2.43. The van der Waals surface area contributed by atoms with Crippen LogP contribution in [0.1, 0.15) is 60.5 Å². The first-order chi connectivity index (χ1) is 17.1. The minimum Gasteiger partial charge on any atom is -0.350 e. The first-order valence-corrected chi connectivity index (χ1v) is 12.7. The molecular weight excluding hydrogens is 467 g/mol. The van der Waals surface area contributed by atoms with E-state index in [1.165, 1.54) is 17.7 Å². The van der Waals surface area contributed by atoms with Gasteiger partial charge >= 0.3 is 6.18 Å². The van der Waals surface area contributed by atoms with Gasteiger partial charge in [0.2, 0.25) is 5.91 Å². The molecule has 1 saturated carbocycles. The maximum atomic E-state index is 12.9. The van der Waals surface area contributed by atoms with Crippen molar-refractivity contribution in [1.82, 2.24) is 15.5 Å². The number of hydrogen-bond donors (Lipinski definition) is 2. The molecule has 2 aromatic carbocycles. The second-order valence-electron chi connectivity index (χ2n) is 10.3. The van der Waals surface area contributed by atoms with E-state index in [0.717, 1.165) is 44.5 Å². The molecule has 36 heavy (non-hydrogen) atoms. The number of nitrogens with zero attached hydrogens (tertiary/aromatic N) is 1. The Bertz CT molecular complexity index is 1050. The summed E-state index contributed by atoms with van der Waals surface area (Å²) >= 11 is 0. The second kappa shape index (κ2) is 11.0. The Labute approximate surface area is 210 Å². The normalized spacial score (nSPS) is 27.0. The van der Waals surface area contributed by atoms with Crippen LogP contribution in [-0.4, -0.2) is 48.4 Å². The number of hydrogen-bond acceptors (Lipinski definition) is 3. The Morgan fingerprint density at radius 1 is 1.00 bits per heavy atom. The third-order valence-electron chi connectivity index (χ3n) is 7.66. The SMILES string of the molecule is CC1CC(N2CCC(NC(=O)CNC(=O)c3cccc(C(F)(F)F)c3)C2)CC(C)C1c1ccccc1. The Kier molecular flexibility index (Phi) is 8.03. The Morgan fingerprint density at radius 2 is 1.69 bits per heavy atom. The van der Waals surface area contributed by atoms with Crippen LogP contribution in [0, 0.1) is 11.8 Å². The highest BCUT2D eigenvalue weighted by molar-refractivity contribution is 5.96. The van der Waals surface area contributed by atoms with Crippen LogP contribution in [0.4, 0.5) is 13.2 Å². The number of halogens is 3. The molecule has 0 radical (unpaired) electrons. The first-order valence-electron chi connectivity index (χ1n) is 12.7. The number of likely N-dealkylation sites (tertiary alicyclic amines) is 1. The van der Waals surface area contributed by atoms with E-state index in [1.54, 1.807) is 0 Å². The molecule has 1 saturated heterocycles. The van der Waals surface area contributed by atoms with Crippen LogP contribution in [0.15, 0.2) is 54.6 Å². The summed E-state index contributed by atoms with van der Waals surface area (Å²) in [4.78, 5) is 27.1. The molecule has 2 N–H and O–H groups in total. The summed E-state index contributed by atoms with van der Waals surface area (Å²) in [5.41, 5.74) is 0.390. The molecule has 1 heterocycles. The number of rotatable bonds is 6. The summed E-state index contributed by atoms with van der Waals surface area (Å²) < 4.78 is 38.6. The zero-order chi connectivity index (χ0) is 25.9. The third-order valence-corrected chi connectivity index (χ3v) is 7.66. The van der Waals surface area contributed by atoms with Crippen molar-refractivity contribution in [3.63, 3.8) is 0 Å². The topological polar surface area (TPSA) is 61.4 Å². The molecular formula is C28H34F3N3O2. The number of carbonyl (C=O) groups excluding carboxylic acids is 2. The van der Waals surface area contributed by atoms with Gasteiger partial charge in [0.05, 0.1) is 12.1 Å². The molecule has 0 spiro atoms. The zero-order valence-corrected chi connectivity index (χ0v) is 20.7. The van der Waals surface area contributed by atoms with Crippen molar-refractivity contribution in [3.05, 3.63) is 71.3 Å². The maximum absolute atomic E-state index is 12.9. The van der Waals surface area contributed by atoms with E-state index in [2.05, 4.69) is 59.7 Å². The fourth-order valence-electron chi connectivity index (χ4n) is 6.05. The lowest BCUT2D eigenvalue weighted by Gasteiger charge is -2.43. The van der Waals surface area contributed by atoms with Gasteiger partial charge in [-0.1, -0.05) is 50.2 Å². The minimum absolute atomic E-state index is 0.000387. The van der Waals surface area contributed by atoms with E-state index in [0.29, 0.717) is 23.8 Å². The van der Waals surface area contributed by atoms with Crippen LogP contribution in [-0.2, 0) is 11.0 Å². The lowest BCUT2D eigenvalue weighted by Crippen LogP contribution is -2.45. The van der Waals surface area contributed by atoms with Gasteiger partial charge in [-0.15, -0.1) is 0 Å². The number of carbonyl (C=O) groups is 2. The van der Waals surface area contributed by atoms with Crippen molar-refractivity contribution in [2.45, 2.75) is 57.3 Å².